The Kier molecular flexibility index (Phi) is 5.43. The van der Waals surface area contributed by atoms with Gasteiger partial charge in [-0.05, 0) is 31.0 Å². The number of carbonyl (C=O) groups is 2. The Hall–Kier alpha value is -3.74. The number of likely N-dealkylation sites (tertiary alicyclic amines) is 1. The summed E-state index contributed by atoms with van der Waals surface area (Å²) in [4.78, 5) is 35.4. The van der Waals surface area contributed by atoms with Gasteiger partial charge in [0.2, 0.25) is 0 Å². The lowest BCUT2D eigenvalue weighted by molar-refractivity contribution is -0.139. The molecule has 1 aliphatic rings. The van der Waals surface area contributed by atoms with Crippen LogP contribution in [0.3, 0.4) is 0 Å². The number of nitrogens with zero attached hydrogens (tertiary/aromatic N) is 4. The first-order valence-electron chi connectivity index (χ1n) is 9.77. The summed E-state index contributed by atoms with van der Waals surface area (Å²) >= 11 is 0. The van der Waals surface area contributed by atoms with Gasteiger partial charge in [0.25, 0.3) is 11.7 Å². The average molecular weight is 402 g/mol. The van der Waals surface area contributed by atoms with Gasteiger partial charge in [0.15, 0.2) is 0 Å². The Morgan fingerprint density at radius 3 is 2.40 bits per heavy atom. The summed E-state index contributed by atoms with van der Waals surface area (Å²) in [5.74, 6) is -1.43. The molecule has 0 saturated carbocycles. The Bertz CT molecular complexity index is 1070. The molecule has 0 spiro atoms. The molecule has 0 radical (unpaired) electrons. The van der Waals surface area contributed by atoms with Crippen molar-refractivity contribution in [3.63, 3.8) is 0 Å². The van der Waals surface area contributed by atoms with Crippen molar-refractivity contribution in [2.24, 2.45) is 0 Å². The predicted molar refractivity (Wildman–Crippen MR) is 111 cm³/mol. The van der Waals surface area contributed by atoms with Crippen molar-refractivity contribution in [3.05, 3.63) is 89.8 Å². The summed E-state index contributed by atoms with van der Waals surface area (Å²) in [6.45, 7) is 2.99. The highest BCUT2D eigenvalue weighted by Crippen LogP contribution is 2.39. The first-order valence-corrected chi connectivity index (χ1v) is 9.77. The number of ketones is 1. The van der Waals surface area contributed by atoms with Crippen molar-refractivity contribution in [2.45, 2.75) is 25.9 Å². The lowest BCUT2D eigenvalue weighted by Crippen LogP contribution is -2.31. The minimum Gasteiger partial charge on any atom is -0.507 e. The van der Waals surface area contributed by atoms with Crippen molar-refractivity contribution >= 4 is 17.4 Å². The van der Waals surface area contributed by atoms with E-state index in [-0.39, 0.29) is 11.3 Å². The Morgan fingerprint density at radius 2 is 1.73 bits per heavy atom. The van der Waals surface area contributed by atoms with Gasteiger partial charge < -0.3 is 14.6 Å². The topological polar surface area (TPSA) is 88.3 Å². The van der Waals surface area contributed by atoms with Crippen LogP contribution < -0.4 is 0 Å². The molecule has 1 N–H and O–H groups in total. The van der Waals surface area contributed by atoms with Gasteiger partial charge in [-0.25, -0.2) is 4.98 Å². The lowest BCUT2D eigenvalue weighted by Gasteiger charge is -2.25. The van der Waals surface area contributed by atoms with Crippen LogP contribution in [0.2, 0.25) is 0 Å². The van der Waals surface area contributed by atoms with Crippen molar-refractivity contribution < 1.29 is 14.7 Å². The minimum atomic E-state index is -0.669. The molecule has 7 nitrogen and oxygen atoms in total. The summed E-state index contributed by atoms with van der Waals surface area (Å²) in [5.41, 5.74) is 2.39. The lowest BCUT2D eigenvalue weighted by atomic mass is 9.95. The average Bonchev–Trinajstić information content (AvgIpc) is 3.37. The van der Waals surface area contributed by atoms with Crippen LogP contribution in [0, 0.1) is 6.92 Å². The second-order valence-corrected chi connectivity index (χ2v) is 7.29. The minimum absolute atomic E-state index is 0.109. The Balaban J connectivity index is 1.71. The number of pyridine rings is 1. The highest BCUT2D eigenvalue weighted by molar-refractivity contribution is 6.46. The van der Waals surface area contributed by atoms with E-state index in [1.807, 2.05) is 29.8 Å². The number of benzene rings is 1. The second-order valence-electron chi connectivity index (χ2n) is 7.29. The van der Waals surface area contributed by atoms with E-state index in [1.165, 1.54) is 4.90 Å². The molecule has 1 aromatic carbocycles. The molecule has 0 bridgehead atoms. The van der Waals surface area contributed by atoms with Gasteiger partial charge >= 0.3 is 0 Å². The molecule has 152 valence electrons. The number of aromatic nitrogens is 3. The zero-order valence-electron chi connectivity index (χ0n) is 16.6. The number of amides is 1. The third-order valence-electron chi connectivity index (χ3n) is 5.26. The number of rotatable bonds is 6. The van der Waals surface area contributed by atoms with E-state index >= 15 is 0 Å². The van der Waals surface area contributed by atoms with Crippen LogP contribution in [0.25, 0.3) is 5.76 Å². The summed E-state index contributed by atoms with van der Waals surface area (Å²) in [7, 11) is 0. The number of aryl methyl sites for hydroxylation is 2. The summed E-state index contributed by atoms with van der Waals surface area (Å²) in [6.07, 6.45) is 9.15. The SMILES string of the molecule is Cc1ccc(/C(O)=C2\C(=O)C(=O)N(CCCn3ccnc3)[C@@H]2c2ccncc2)cc1. The van der Waals surface area contributed by atoms with E-state index in [0.717, 1.165) is 11.1 Å². The van der Waals surface area contributed by atoms with Crippen molar-refractivity contribution in [1.82, 2.24) is 19.4 Å². The van der Waals surface area contributed by atoms with Crippen LogP contribution in [0.1, 0.15) is 29.2 Å². The molecule has 1 aliphatic heterocycles. The number of hydrogen-bond donors (Lipinski definition) is 1. The first-order chi connectivity index (χ1) is 14.6. The molecule has 0 aliphatic carbocycles. The third-order valence-corrected chi connectivity index (χ3v) is 5.26. The third kappa shape index (κ3) is 3.74. The quantitative estimate of drug-likeness (QED) is 0.389. The standard InChI is InChI=1S/C23H22N4O3/c1-16-3-5-18(6-4-16)21(28)19-20(17-7-9-24-10-8-17)27(23(30)22(19)29)13-2-12-26-14-11-25-15-26/h3-11,14-15,20,28H,2,12-13H2,1H3/b21-19+/t20-/m1/s1. The van der Waals surface area contributed by atoms with E-state index in [2.05, 4.69) is 9.97 Å². The number of hydrogen-bond acceptors (Lipinski definition) is 5. The zero-order chi connectivity index (χ0) is 21.1. The molecular weight excluding hydrogens is 380 g/mol. The molecular formula is C23H22N4O3. The summed E-state index contributed by atoms with van der Waals surface area (Å²) in [6, 6.07) is 10.1. The van der Waals surface area contributed by atoms with E-state index < -0.39 is 17.7 Å². The smallest absolute Gasteiger partial charge is 0.295 e. The maximum Gasteiger partial charge on any atom is 0.295 e. The van der Waals surface area contributed by atoms with Crippen molar-refractivity contribution in [2.75, 3.05) is 6.54 Å². The fourth-order valence-corrected chi connectivity index (χ4v) is 3.71. The van der Waals surface area contributed by atoms with Crippen molar-refractivity contribution in [3.8, 4) is 0 Å². The molecule has 3 aromatic rings. The van der Waals surface area contributed by atoms with Gasteiger partial charge in [-0.15, -0.1) is 0 Å². The monoisotopic (exact) mass is 402 g/mol. The number of imidazole rings is 1. The predicted octanol–water partition coefficient (Wildman–Crippen LogP) is 3.10. The fourth-order valence-electron chi connectivity index (χ4n) is 3.71. The Labute approximate surface area is 174 Å². The van der Waals surface area contributed by atoms with Gasteiger partial charge in [0.1, 0.15) is 5.76 Å². The van der Waals surface area contributed by atoms with Gasteiger partial charge in [-0.2, -0.15) is 0 Å². The van der Waals surface area contributed by atoms with Crippen LogP contribution in [0.15, 0.2) is 73.1 Å². The van der Waals surface area contributed by atoms with E-state index in [4.69, 9.17) is 0 Å². The highest BCUT2D eigenvalue weighted by atomic mass is 16.3. The zero-order valence-corrected chi connectivity index (χ0v) is 16.6. The maximum absolute atomic E-state index is 12.9. The van der Waals surface area contributed by atoms with Crippen LogP contribution in [-0.2, 0) is 16.1 Å². The van der Waals surface area contributed by atoms with E-state index in [0.29, 0.717) is 25.1 Å². The fraction of sp³-hybridized carbons (Fsp3) is 0.217. The van der Waals surface area contributed by atoms with E-state index in [1.54, 1.807) is 49.2 Å². The van der Waals surface area contributed by atoms with Gasteiger partial charge in [-0.3, -0.25) is 14.6 Å². The molecule has 4 rings (SSSR count). The number of aliphatic hydroxyl groups excluding tert-OH is 1. The molecule has 7 heteroatoms. The summed E-state index contributed by atoms with van der Waals surface area (Å²) in [5, 5.41) is 11.0. The number of Topliss-reactive ketones (excluding diaryl/α,β-unsaturated/α-hetero) is 1. The van der Waals surface area contributed by atoms with Gasteiger partial charge in [-0.1, -0.05) is 29.8 Å². The van der Waals surface area contributed by atoms with Gasteiger partial charge in [0, 0.05) is 43.4 Å². The van der Waals surface area contributed by atoms with Crippen LogP contribution in [0.4, 0.5) is 0 Å². The molecule has 1 saturated heterocycles. The van der Waals surface area contributed by atoms with Crippen LogP contribution in [-0.4, -0.2) is 42.8 Å². The van der Waals surface area contributed by atoms with Crippen LogP contribution >= 0.6 is 0 Å². The molecule has 1 fully saturated rings. The first kappa shape index (κ1) is 19.6. The largest absolute Gasteiger partial charge is 0.507 e. The van der Waals surface area contributed by atoms with Crippen molar-refractivity contribution in [1.29, 1.82) is 0 Å². The molecule has 2 aromatic heterocycles. The number of aliphatic hydroxyl groups is 1. The van der Waals surface area contributed by atoms with Crippen LogP contribution in [0.5, 0.6) is 0 Å². The second kappa shape index (κ2) is 8.32. The molecule has 3 heterocycles. The highest BCUT2D eigenvalue weighted by Gasteiger charge is 2.45. The Morgan fingerprint density at radius 1 is 1.00 bits per heavy atom. The molecule has 0 unspecified atom stereocenters. The van der Waals surface area contributed by atoms with E-state index in [9.17, 15) is 14.7 Å². The maximum atomic E-state index is 12.9. The molecule has 1 atom stereocenters. The number of carbonyl (C=O) groups excluding carboxylic acids is 2. The normalized spacial score (nSPS) is 18.2. The molecule has 30 heavy (non-hydrogen) atoms. The van der Waals surface area contributed by atoms with Gasteiger partial charge in [0.05, 0.1) is 17.9 Å². The summed E-state index contributed by atoms with van der Waals surface area (Å²) < 4.78 is 1.92. The molecule has 1 amide bonds.